The summed E-state index contributed by atoms with van der Waals surface area (Å²) in [5.41, 5.74) is 0. The second kappa shape index (κ2) is 5.41. The molecule has 0 heterocycles. The van der Waals surface area contributed by atoms with Crippen LogP contribution in [0.1, 0.15) is 13.3 Å². The van der Waals surface area contributed by atoms with Crippen LogP contribution in [-0.2, 0) is 14.3 Å². The molecule has 3 nitrogen and oxygen atoms in total. The molecule has 0 aromatic carbocycles. The first kappa shape index (κ1) is 9.62. The number of ketones is 1. The van der Waals surface area contributed by atoms with Gasteiger partial charge in [-0.1, -0.05) is 12.7 Å². The van der Waals surface area contributed by atoms with Crippen LogP contribution < -0.4 is 0 Å². The number of carbonyl (C=O) groups excluding carboxylic acids is 2. The molecule has 11 heavy (non-hydrogen) atoms. The summed E-state index contributed by atoms with van der Waals surface area (Å²) >= 11 is 0. The van der Waals surface area contributed by atoms with Crippen LogP contribution in [0.25, 0.3) is 0 Å². The Balaban J connectivity index is 3.75. The van der Waals surface area contributed by atoms with Crippen molar-refractivity contribution in [3.8, 4) is 0 Å². The lowest BCUT2D eigenvalue weighted by Crippen LogP contribution is -2.05. The molecule has 0 saturated heterocycles. The second-order valence-corrected chi connectivity index (χ2v) is 1.80. The highest BCUT2D eigenvalue weighted by Crippen LogP contribution is 1.90. The van der Waals surface area contributed by atoms with Gasteiger partial charge in [-0.25, -0.2) is 0 Å². The largest absolute Gasteiger partial charge is 0.435 e. The summed E-state index contributed by atoms with van der Waals surface area (Å²) in [5.74, 6) is -0.845. The predicted molar refractivity (Wildman–Crippen MR) is 40.7 cm³/mol. The van der Waals surface area contributed by atoms with E-state index in [0.29, 0.717) is 0 Å². The third-order valence-corrected chi connectivity index (χ3v) is 0.886. The molecule has 0 aromatic rings. The highest BCUT2D eigenvalue weighted by molar-refractivity contribution is 6.01. The number of ether oxygens (including phenoxy) is 1. The third-order valence-electron chi connectivity index (χ3n) is 0.886. The molecule has 0 amide bonds. The molecule has 0 saturated carbocycles. The molecule has 0 N–H and O–H groups in total. The molecule has 0 rings (SSSR count). The Bertz CT molecular complexity index is 192. The standard InChI is InChI=1S/C8H10O3/c1-3-5-7(9)6-8(10)11-4-2/h3-5H,2,6H2,1H3. The Morgan fingerprint density at radius 3 is 2.64 bits per heavy atom. The van der Waals surface area contributed by atoms with E-state index in [1.54, 1.807) is 13.0 Å². The maximum atomic E-state index is 10.7. The summed E-state index contributed by atoms with van der Waals surface area (Å²) in [6.45, 7) is 4.89. The second-order valence-electron chi connectivity index (χ2n) is 1.80. The maximum absolute atomic E-state index is 10.7. The van der Waals surface area contributed by atoms with Crippen LogP contribution in [0.4, 0.5) is 0 Å². The van der Waals surface area contributed by atoms with Gasteiger partial charge in [-0.2, -0.15) is 0 Å². The van der Waals surface area contributed by atoms with Crippen LogP contribution in [0.5, 0.6) is 0 Å². The molecule has 0 fully saturated rings. The Morgan fingerprint density at radius 2 is 2.18 bits per heavy atom. The van der Waals surface area contributed by atoms with Crippen molar-refractivity contribution < 1.29 is 14.3 Å². The fourth-order valence-electron chi connectivity index (χ4n) is 0.522. The fraction of sp³-hybridized carbons (Fsp3) is 0.250. The number of rotatable bonds is 4. The van der Waals surface area contributed by atoms with Gasteiger partial charge >= 0.3 is 5.97 Å². The van der Waals surface area contributed by atoms with E-state index in [9.17, 15) is 9.59 Å². The average Bonchev–Trinajstić information content (AvgIpc) is 1.87. The van der Waals surface area contributed by atoms with Crippen LogP contribution in [0.2, 0.25) is 0 Å². The molecule has 0 bridgehead atoms. The van der Waals surface area contributed by atoms with Crippen molar-refractivity contribution >= 4 is 11.8 Å². The maximum Gasteiger partial charge on any atom is 0.318 e. The Labute approximate surface area is 65.4 Å². The minimum Gasteiger partial charge on any atom is -0.435 e. The molecular weight excluding hydrogens is 144 g/mol. The van der Waals surface area contributed by atoms with Crippen molar-refractivity contribution in [2.75, 3.05) is 0 Å². The highest BCUT2D eigenvalue weighted by Gasteiger charge is 2.05. The van der Waals surface area contributed by atoms with Gasteiger partial charge in [0.15, 0.2) is 5.78 Å². The number of esters is 1. The van der Waals surface area contributed by atoms with Crippen molar-refractivity contribution in [1.29, 1.82) is 0 Å². The van der Waals surface area contributed by atoms with Gasteiger partial charge in [0.2, 0.25) is 0 Å². The predicted octanol–water partition coefficient (Wildman–Crippen LogP) is 1.21. The number of hydrogen-bond acceptors (Lipinski definition) is 3. The Kier molecular flexibility index (Phi) is 4.73. The topological polar surface area (TPSA) is 43.4 Å². The monoisotopic (exact) mass is 154 g/mol. The molecule has 0 spiro atoms. The van der Waals surface area contributed by atoms with E-state index in [1.807, 2.05) is 0 Å². The summed E-state index contributed by atoms with van der Waals surface area (Å²) in [5, 5.41) is 0. The number of carbonyl (C=O) groups is 2. The molecule has 0 aliphatic rings. The number of allylic oxidation sites excluding steroid dienone is 2. The minimum atomic E-state index is -0.580. The van der Waals surface area contributed by atoms with E-state index in [2.05, 4.69) is 11.3 Å². The summed E-state index contributed by atoms with van der Waals surface area (Å²) in [4.78, 5) is 21.3. The molecule has 0 atom stereocenters. The van der Waals surface area contributed by atoms with Crippen LogP contribution in [-0.4, -0.2) is 11.8 Å². The van der Waals surface area contributed by atoms with Gasteiger partial charge in [0.25, 0.3) is 0 Å². The molecule has 0 aromatic heterocycles. The van der Waals surface area contributed by atoms with Gasteiger partial charge in [0.1, 0.15) is 6.42 Å². The van der Waals surface area contributed by atoms with Gasteiger partial charge in [-0.3, -0.25) is 9.59 Å². The lowest BCUT2D eigenvalue weighted by molar-refractivity contribution is -0.140. The first-order chi connectivity index (χ1) is 5.20. The molecular formula is C8H10O3. The fourth-order valence-corrected chi connectivity index (χ4v) is 0.522. The molecule has 0 aliphatic carbocycles. The van der Waals surface area contributed by atoms with Gasteiger partial charge in [0.05, 0.1) is 6.26 Å². The molecule has 0 aliphatic heterocycles. The Morgan fingerprint density at radius 1 is 1.55 bits per heavy atom. The van der Waals surface area contributed by atoms with E-state index in [0.717, 1.165) is 6.26 Å². The van der Waals surface area contributed by atoms with Crippen molar-refractivity contribution in [3.63, 3.8) is 0 Å². The van der Waals surface area contributed by atoms with Gasteiger partial charge in [0, 0.05) is 0 Å². The van der Waals surface area contributed by atoms with Gasteiger partial charge < -0.3 is 4.74 Å². The van der Waals surface area contributed by atoms with Crippen LogP contribution in [0.3, 0.4) is 0 Å². The first-order valence-electron chi connectivity index (χ1n) is 3.16. The first-order valence-corrected chi connectivity index (χ1v) is 3.16. The van der Waals surface area contributed by atoms with Crippen molar-refractivity contribution in [2.24, 2.45) is 0 Å². The molecule has 0 unspecified atom stereocenters. The van der Waals surface area contributed by atoms with Crippen LogP contribution in [0.15, 0.2) is 25.0 Å². The zero-order valence-corrected chi connectivity index (χ0v) is 6.37. The molecule has 3 heteroatoms. The lowest BCUT2D eigenvalue weighted by Gasteiger charge is -1.93. The normalized spacial score (nSPS) is 9.55. The van der Waals surface area contributed by atoms with Crippen molar-refractivity contribution in [2.45, 2.75) is 13.3 Å². The molecule has 60 valence electrons. The van der Waals surface area contributed by atoms with Crippen molar-refractivity contribution in [3.05, 3.63) is 25.0 Å². The minimum absolute atomic E-state index is 0.226. The zero-order valence-electron chi connectivity index (χ0n) is 6.37. The summed E-state index contributed by atoms with van der Waals surface area (Å²) in [6.07, 6.45) is 3.68. The number of hydrogen-bond donors (Lipinski definition) is 0. The third kappa shape index (κ3) is 5.08. The van der Waals surface area contributed by atoms with Gasteiger partial charge in [-0.05, 0) is 13.0 Å². The molecule has 0 radical (unpaired) electrons. The highest BCUT2D eigenvalue weighted by atomic mass is 16.5. The van der Waals surface area contributed by atoms with Crippen LogP contribution >= 0.6 is 0 Å². The van der Waals surface area contributed by atoms with Gasteiger partial charge in [-0.15, -0.1) is 0 Å². The summed E-state index contributed by atoms with van der Waals surface area (Å²) in [7, 11) is 0. The smallest absolute Gasteiger partial charge is 0.318 e. The quantitative estimate of drug-likeness (QED) is 0.264. The van der Waals surface area contributed by atoms with E-state index in [4.69, 9.17) is 0 Å². The van der Waals surface area contributed by atoms with E-state index >= 15 is 0 Å². The summed E-state index contributed by atoms with van der Waals surface area (Å²) in [6, 6.07) is 0. The van der Waals surface area contributed by atoms with E-state index in [1.165, 1.54) is 6.08 Å². The van der Waals surface area contributed by atoms with E-state index < -0.39 is 5.97 Å². The summed E-state index contributed by atoms with van der Waals surface area (Å²) < 4.78 is 4.33. The Hall–Kier alpha value is -1.38. The average molecular weight is 154 g/mol. The SMILES string of the molecule is C=COC(=O)CC(=O)C=CC. The lowest BCUT2D eigenvalue weighted by atomic mass is 10.3. The van der Waals surface area contributed by atoms with E-state index in [-0.39, 0.29) is 12.2 Å². The zero-order chi connectivity index (χ0) is 8.69. The van der Waals surface area contributed by atoms with Crippen molar-refractivity contribution in [1.82, 2.24) is 0 Å². The van der Waals surface area contributed by atoms with Crippen LogP contribution in [0, 0.1) is 0 Å².